The number of alkyl halides is 1. The Morgan fingerprint density at radius 1 is 1.80 bits per heavy atom. The largest absolute Gasteiger partial charge is 0.392 e. The topological polar surface area (TPSA) is 101 Å². The molecule has 0 saturated carbocycles. The van der Waals surface area contributed by atoms with Gasteiger partial charge in [-0.1, -0.05) is 5.16 Å². The molecule has 0 atom stereocenters. The molecule has 0 saturated heterocycles. The number of nitrogens with zero attached hydrogens (tertiary/aromatic N) is 2. The Morgan fingerprint density at radius 3 is 3.00 bits per heavy atom. The first-order chi connectivity index (χ1) is 7.15. The maximum atomic E-state index is 11.7. The van der Waals surface area contributed by atoms with E-state index in [9.17, 15) is 9.18 Å². The third-order valence-electron chi connectivity index (χ3n) is 1.30. The Hall–Kier alpha value is -1.70. The van der Waals surface area contributed by atoms with E-state index in [2.05, 4.69) is 15.0 Å². The fraction of sp³-hybridized carbons (Fsp3) is 0.286. The monoisotopic (exact) mass is 231 g/mol. The average Bonchev–Trinajstić information content (AvgIpc) is 2.59. The van der Waals surface area contributed by atoms with Crippen LogP contribution in [0.5, 0.6) is 0 Å². The van der Waals surface area contributed by atoms with Crippen LogP contribution in [-0.2, 0) is 9.63 Å². The van der Waals surface area contributed by atoms with E-state index >= 15 is 0 Å². The molecule has 0 spiro atoms. The molecule has 6 nitrogen and oxygen atoms in total. The summed E-state index contributed by atoms with van der Waals surface area (Å²) in [5.41, 5.74) is 12.1. The number of oxime groups is 1. The van der Waals surface area contributed by atoms with E-state index in [-0.39, 0.29) is 23.1 Å². The molecular weight excluding hydrogens is 223 g/mol. The summed E-state index contributed by atoms with van der Waals surface area (Å²) in [6, 6.07) is 0. The van der Waals surface area contributed by atoms with Crippen molar-refractivity contribution in [3.8, 4) is 0 Å². The average molecular weight is 231 g/mol. The summed E-state index contributed by atoms with van der Waals surface area (Å²) in [4.78, 5) is 19.1. The number of carbonyl (C=O) groups is 1. The van der Waals surface area contributed by atoms with Crippen LogP contribution in [0.2, 0.25) is 0 Å². The van der Waals surface area contributed by atoms with E-state index in [1.807, 2.05) is 0 Å². The Kier molecular flexibility index (Phi) is 3.98. The number of aromatic nitrogens is 1. The summed E-state index contributed by atoms with van der Waals surface area (Å²) >= 11 is 1.11. The van der Waals surface area contributed by atoms with Gasteiger partial charge in [0.2, 0.25) is 0 Å². The maximum absolute atomic E-state index is 11.7. The number of hydrogen-bond donors (Lipinski definition) is 1. The van der Waals surface area contributed by atoms with Crippen LogP contribution in [0.25, 0.3) is 0 Å². The van der Waals surface area contributed by atoms with Crippen molar-refractivity contribution in [2.45, 2.75) is 0 Å². The standard InChI is InChI=1S/C7H8FN4O2S/c8-1-2-14-12-5(6(9)13)4-3-15-7(10)11-4/h3,9H,1-2H2,(H2,10,11)/b12-5+. The lowest BCUT2D eigenvalue weighted by atomic mass is 10.3. The number of hydrogen-bond acceptors (Lipinski definition) is 6. The Balaban J connectivity index is 2.83. The number of nitrogens with one attached hydrogen (secondary N) is 1. The lowest BCUT2D eigenvalue weighted by molar-refractivity contribution is -0.112. The van der Waals surface area contributed by atoms with Gasteiger partial charge in [0.15, 0.2) is 10.8 Å². The third-order valence-corrected chi connectivity index (χ3v) is 1.98. The number of nitrogens with two attached hydrogens (primary N) is 1. The second-order valence-electron chi connectivity index (χ2n) is 2.36. The van der Waals surface area contributed by atoms with Gasteiger partial charge in [-0.25, -0.2) is 9.37 Å². The molecule has 0 aromatic carbocycles. The zero-order valence-electron chi connectivity index (χ0n) is 7.57. The minimum absolute atomic E-state index is 0.163. The second-order valence-corrected chi connectivity index (χ2v) is 3.25. The smallest absolute Gasteiger partial charge is 0.294 e. The van der Waals surface area contributed by atoms with Crippen molar-refractivity contribution >= 4 is 28.1 Å². The van der Waals surface area contributed by atoms with Gasteiger partial charge in [-0.05, 0) is 0 Å². The zero-order valence-corrected chi connectivity index (χ0v) is 8.38. The molecule has 0 aliphatic carbocycles. The zero-order chi connectivity index (χ0) is 11.3. The fourth-order valence-electron chi connectivity index (χ4n) is 0.746. The van der Waals surface area contributed by atoms with Gasteiger partial charge in [0.25, 0.3) is 5.91 Å². The normalized spacial score (nSPS) is 11.4. The molecule has 0 bridgehead atoms. The Bertz CT molecular complexity index is 379. The van der Waals surface area contributed by atoms with Crippen LogP contribution in [-0.4, -0.2) is 29.9 Å². The van der Waals surface area contributed by atoms with E-state index in [4.69, 9.17) is 11.5 Å². The van der Waals surface area contributed by atoms with Crippen molar-refractivity contribution in [3.05, 3.63) is 11.1 Å². The third kappa shape index (κ3) is 3.17. The van der Waals surface area contributed by atoms with Gasteiger partial charge in [-0.15, -0.1) is 11.3 Å². The first-order valence-corrected chi connectivity index (χ1v) is 4.76. The van der Waals surface area contributed by atoms with Gasteiger partial charge in [-0.3, -0.25) is 10.5 Å². The van der Waals surface area contributed by atoms with Crippen LogP contribution in [0.4, 0.5) is 9.52 Å². The highest BCUT2D eigenvalue weighted by Crippen LogP contribution is 2.12. The number of amides is 1. The van der Waals surface area contributed by atoms with E-state index in [1.165, 1.54) is 5.38 Å². The molecule has 1 rings (SSSR count). The first kappa shape index (κ1) is 11.4. The molecule has 1 aromatic rings. The van der Waals surface area contributed by atoms with Crippen LogP contribution >= 0.6 is 11.3 Å². The molecule has 3 N–H and O–H groups in total. The summed E-state index contributed by atoms with van der Waals surface area (Å²) in [7, 11) is 0. The Morgan fingerprint density at radius 2 is 2.53 bits per heavy atom. The number of thiazole rings is 1. The summed E-state index contributed by atoms with van der Waals surface area (Å²) in [6.45, 7) is -0.988. The summed E-state index contributed by atoms with van der Waals surface area (Å²) in [5.74, 6) is -1.06. The van der Waals surface area contributed by atoms with E-state index in [0.29, 0.717) is 0 Å². The van der Waals surface area contributed by atoms with Crippen LogP contribution in [0.1, 0.15) is 5.69 Å². The minimum atomic E-state index is -1.06. The second kappa shape index (κ2) is 5.25. The predicted molar refractivity (Wildman–Crippen MR) is 53.1 cm³/mol. The molecule has 0 fully saturated rings. The number of nitrogen functional groups attached to an aromatic ring is 1. The molecule has 1 heterocycles. The van der Waals surface area contributed by atoms with Crippen LogP contribution < -0.4 is 11.5 Å². The molecule has 0 aliphatic heterocycles. The predicted octanol–water partition coefficient (Wildman–Crippen LogP) is 0.225. The SMILES string of the molecule is [NH]C(=O)/C(=N/OCCF)c1csc(N)n1. The van der Waals surface area contributed by atoms with Crippen molar-refractivity contribution in [1.82, 2.24) is 10.7 Å². The number of anilines is 1. The minimum Gasteiger partial charge on any atom is -0.392 e. The van der Waals surface area contributed by atoms with Gasteiger partial charge in [0.1, 0.15) is 19.0 Å². The number of carbonyl (C=O) groups excluding carboxylic acids is 1. The summed E-state index contributed by atoms with van der Waals surface area (Å²) in [6.07, 6.45) is 0. The maximum Gasteiger partial charge on any atom is 0.294 e. The highest BCUT2D eigenvalue weighted by Gasteiger charge is 2.15. The quantitative estimate of drug-likeness (QED) is 0.445. The van der Waals surface area contributed by atoms with E-state index in [0.717, 1.165) is 11.3 Å². The van der Waals surface area contributed by atoms with Crippen molar-refractivity contribution in [2.24, 2.45) is 5.16 Å². The van der Waals surface area contributed by atoms with Crippen LogP contribution in [0, 0.1) is 0 Å². The highest BCUT2D eigenvalue weighted by atomic mass is 32.1. The van der Waals surface area contributed by atoms with Gasteiger partial charge in [-0.2, -0.15) is 0 Å². The summed E-state index contributed by atoms with van der Waals surface area (Å²) < 4.78 is 11.7. The molecule has 1 radical (unpaired) electrons. The lowest BCUT2D eigenvalue weighted by Crippen LogP contribution is -2.17. The van der Waals surface area contributed by atoms with Gasteiger partial charge >= 0.3 is 0 Å². The van der Waals surface area contributed by atoms with Gasteiger partial charge < -0.3 is 10.6 Å². The molecule has 0 aliphatic rings. The van der Waals surface area contributed by atoms with Crippen molar-refractivity contribution < 1.29 is 14.0 Å². The van der Waals surface area contributed by atoms with Crippen molar-refractivity contribution in [2.75, 3.05) is 19.0 Å². The fourth-order valence-corrected chi connectivity index (χ4v) is 1.29. The van der Waals surface area contributed by atoms with Gasteiger partial charge in [0.05, 0.1) is 0 Å². The van der Waals surface area contributed by atoms with Crippen molar-refractivity contribution in [3.63, 3.8) is 0 Å². The first-order valence-electron chi connectivity index (χ1n) is 3.88. The van der Waals surface area contributed by atoms with Crippen molar-refractivity contribution in [1.29, 1.82) is 0 Å². The van der Waals surface area contributed by atoms with E-state index in [1.54, 1.807) is 0 Å². The van der Waals surface area contributed by atoms with Crippen LogP contribution in [0.15, 0.2) is 10.5 Å². The molecule has 15 heavy (non-hydrogen) atoms. The molecule has 81 valence electrons. The molecule has 1 aromatic heterocycles. The van der Waals surface area contributed by atoms with Gasteiger partial charge in [0, 0.05) is 5.38 Å². The van der Waals surface area contributed by atoms with Crippen LogP contribution in [0.3, 0.4) is 0 Å². The lowest BCUT2D eigenvalue weighted by Gasteiger charge is -1.97. The molecule has 1 amide bonds. The Labute approximate surface area is 88.7 Å². The van der Waals surface area contributed by atoms with E-state index < -0.39 is 12.6 Å². The molecular formula is C7H8FN4O2S. The number of halogens is 1. The summed E-state index contributed by atoms with van der Waals surface area (Å²) in [5, 5.41) is 5.05. The highest BCUT2D eigenvalue weighted by molar-refractivity contribution is 7.13. The molecule has 0 unspecified atom stereocenters. The number of rotatable bonds is 5. The molecule has 8 heteroatoms.